The third-order valence-corrected chi connectivity index (χ3v) is 6.54. The predicted octanol–water partition coefficient (Wildman–Crippen LogP) is 3.36. The van der Waals surface area contributed by atoms with Gasteiger partial charge in [-0.15, -0.1) is 11.8 Å². The Labute approximate surface area is 164 Å². The number of rotatable bonds is 4. The minimum atomic E-state index is -0.347. The van der Waals surface area contributed by atoms with E-state index in [1.807, 2.05) is 38.1 Å². The summed E-state index contributed by atoms with van der Waals surface area (Å²) in [6.07, 6.45) is 1.95. The van der Waals surface area contributed by atoms with Gasteiger partial charge in [-0.3, -0.25) is 14.5 Å². The fourth-order valence-electron chi connectivity index (χ4n) is 3.46. The molecule has 0 bridgehead atoms. The van der Waals surface area contributed by atoms with Gasteiger partial charge in [0, 0.05) is 35.7 Å². The molecule has 3 rings (SSSR count). The zero-order valence-electron chi connectivity index (χ0n) is 16.2. The average molecular weight is 390 g/mol. The Balaban J connectivity index is 1.80. The fraction of sp³-hybridized carbons (Fsp3) is 0.550. The first-order valence-electron chi connectivity index (χ1n) is 9.59. The lowest BCUT2D eigenvalue weighted by atomic mass is 10.1. The summed E-state index contributed by atoms with van der Waals surface area (Å²) in [7, 11) is 0. The zero-order valence-corrected chi connectivity index (χ0v) is 17.0. The number of benzene rings is 1. The number of fused-ring (bicyclic) bond motifs is 1. The maximum atomic E-state index is 13.1. The van der Waals surface area contributed by atoms with Crippen LogP contribution in [0.5, 0.6) is 0 Å². The molecule has 1 saturated heterocycles. The monoisotopic (exact) mass is 389 g/mol. The molecular weight excluding hydrogens is 362 g/mol. The molecule has 6 nitrogen and oxygen atoms in total. The van der Waals surface area contributed by atoms with Crippen LogP contribution in [0.25, 0.3) is 0 Å². The van der Waals surface area contributed by atoms with Crippen molar-refractivity contribution in [3.05, 3.63) is 24.3 Å². The number of nitrogens with zero attached hydrogens (tertiary/aromatic N) is 3. The number of thioether (sulfide) groups is 1. The van der Waals surface area contributed by atoms with Crippen LogP contribution < -0.4 is 4.90 Å². The molecule has 146 valence electrons. The van der Waals surface area contributed by atoms with Crippen LogP contribution in [0.1, 0.15) is 40.0 Å². The smallest absolute Gasteiger partial charge is 0.321 e. The second kappa shape index (κ2) is 8.33. The van der Waals surface area contributed by atoms with E-state index in [9.17, 15) is 14.4 Å². The van der Waals surface area contributed by atoms with E-state index in [1.54, 1.807) is 21.6 Å². The van der Waals surface area contributed by atoms with Crippen LogP contribution in [-0.2, 0) is 9.59 Å². The van der Waals surface area contributed by atoms with Gasteiger partial charge in [-0.25, -0.2) is 4.79 Å². The van der Waals surface area contributed by atoms with Crippen molar-refractivity contribution in [3.63, 3.8) is 0 Å². The summed E-state index contributed by atoms with van der Waals surface area (Å²) in [5, 5.41) is 0.406. The highest BCUT2D eigenvalue weighted by molar-refractivity contribution is 8.00. The molecule has 0 saturated carbocycles. The van der Waals surface area contributed by atoms with Gasteiger partial charge in [-0.05, 0) is 31.9 Å². The summed E-state index contributed by atoms with van der Waals surface area (Å²) in [6, 6.07) is 7.54. The molecule has 0 unspecified atom stereocenters. The van der Waals surface area contributed by atoms with Gasteiger partial charge in [0.1, 0.15) is 6.54 Å². The molecule has 1 fully saturated rings. The largest absolute Gasteiger partial charge is 0.327 e. The van der Waals surface area contributed by atoms with Crippen molar-refractivity contribution in [1.82, 2.24) is 9.80 Å². The molecule has 7 heteroatoms. The molecule has 2 atom stereocenters. The topological polar surface area (TPSA) is 60.9 Å². The van der Waals surface area contributed by atoms with Gasteiger partial charge in [0.05, 0.1) is 5.69 Å². The van der Waals surface area contributed by atoms with Gasteiger partial charge in [0.25, 0.3) is 0 Å². The number of para-hydroxylation sites is 1. The van der Waals surface area contributed by atoms with Gasteiger partial charge in [-0.1, -0.05) is 26.0 Å². The molecule has 2 aliphatic rings. The van der Waals surface area contributed by atoms with Crippen molar-refractivity contribution < 1.29 is 14.4 Å². The van der Waals surface area contributed by atoms with Crippen LogP contribution in [0.2, 0.25) is 0 Å². The summed E-state index contributed by atoms with van der Waals surface area (Å²) >= 11 is 1.76. The SMILES string of the molecule is CC[C@H](C)N1CCC(=O)N(CC(=O)N2CC[C@H](C)Sc3ccccc32)C1=O. The van der Waals surface area contributed by atoms with Crippen molar-refractivity contribution in [2.75, 3.05) is 24.5 Å². The Kier molecular flexibility index (Phi) is 6.09. The Morgan fingerprint density at radius 3 is 2.74 bits per heavy atom. The second-order valence-corrected chi connectivity index (χ2v) is 8.67. The molecule has 0 aromatic heterocycles. The Morgan fingerprint density at radius 1 is 1.26 bits per heavy atom. The number of amides is 4. The average Bonchev–Trinajstić information content (AvgIpc) is 2.82. The van der Waals surface area contributed by atoms with Crippen LogP contribution in [0.4, 0.5) is 10.5 Å². The number of hydrogen-bond donors (Lipinski definition) is 0. The van der Waals surface area contributed by atoms with Crippen LogP contribution in [0, 0.1) is 0 Å². The van der Waals surface area contributed by atoms with Crippen LogP contribution in [0.15, 0.2) is 29.2 Å². The molecule has 0 aliphatic carbocycles. The molecule has 4 amide bonds. The van der Waals surface area contributed by atoms with E-state index in [2.05, 4.69) is 6.92 Å². The minimum absolute atomic E-state index is 0.0550. The Morgan fingerprint density at radius 2 is 2.00 bits per heavy atom. The third kappa shape index (κ3) is 4.13. The standard InChI is InChI=1S/C20H27N3O3S/c1-4-14(2)21-12-10-18(24)23(20(21)26)13-19(25)22-11-9-15(3)27-17-8-6-5-7-16(17)22/h5-8,14-15H,4,9-13H2,1-3H3/t14-,15-/m0/s1. The normalized spacial score (nSPS) is 21.7. The summed E-state index contributed by atoms with van der Waals surface area (Å²) in [5.74, 6) is -0.469. The number of urea groups is 1. The van der Waals surface area contributed by atoms with E-state index in [4.69, 9.17) is 0 Å². The number of imide groups is 1. The van der Waals surface area contributed by atoms with Gasteiger partial charge in [0.15, 0.2) is 0 Å². The van der Waals surface area contributed by atoms with Gasteiger partial charge < -0.3 is 9.80 Å². The molecule has 2 aliphatic heterocycles. The molecule has 1 aromatic rings. The lowest BCUT2D eigenvalue weighted by Gasteiger charge is -2.37. The van der Waals surface area contributed by atoms with Gasteiger partial charge in [0.2, 0.25) is 11.8 Å². The van der Waals surface area contributed by atoms with Crippen molar-refractivity contribution in [2.24, 2.45) is 0 Å². The maximum Gasteiger partial charge on any atom is 0.327 e. The Hall–Kier alpha value is -2.02. The predicted molar refractivity (Wildman–Crippen MR) is 107 cm³/mol. The van der Waals surface area contributed by atoms with E-state index < -0.39 is 0 Å². The second-order valence-electron chi connectivity index (χ2n) is 7.19. The molecule has 27 heavy (non-hydrogen) atoms. The van der Waals surface area contributed by atoms with E-state index in [0.717, 1.165) is 28.3 Å². The first-order valence-corrected chi connectivity index (χ1v) is 10.5. The van der Waals surface area contributed by atoms with E-state index >= 15 is 0 Å². The van der Waals surface area contributed by atoms with Crippen molar-refractivity contribution in [2.45, 2.75) is 56.2 Å². The van der Waals surface area contributed by atoms with Crippen LogP contribution >= 0.6 is 11.8 Å². The highest BCUT2D eigenvalue weighted by Crippen LogP contribution is 2.37. The Bertz CT molecular complexity index is 739. The summed E-state index contributed by atoms with van der Waals surface area (Å²) in [6.45, 7) is 6.96. The van der Waals surface area contributed by atoms with Gasteiger partial charge in [-0.2, -0.15) is 0 Å². The molecular formula is C20H27N3O3S. The third-order valence-electron chi connectivity index (χ3n) is 5.30. The quantitative estimate of drug-likeness (QED) is 0.792. The van der Waals surface area contributed by atoms with Crippen LogP contribution in [-0.4, -0.2) is 58.6 Å². The lowest BCUT2D eigenvalue weighted by molar-refractivity contribution is -0.135. The number of carbonyl (C=O) groups excluding carboxylic acids is 3. The highest BCUT2D eigenvalue weighted by atomic mass is 32.2. The summed E-state index contributed by atoms with van der Waals surface area (Å²) in [5.41, 5.74) is 0.868. The summed E-state index contributed by atoms with van der Waals surface area (Å²) < 4.78 is 0. The first kappa shape index (κ1) is 19.7. The maximum absolute atomic E-state index is 13.1. The summed E-state index contributed by atoms with van der Waals surface area (Å²) in [4.78, 5) is 43.8. The number of carbonyl (C=O) groups is 3. The highest BCUT2D eigenvalue weighted by Gasteiger charge is 2.36. The van der Waals surface area contributed by atoms with Crippen molar-refractivity contribution in [3.8, 4) is 0 Å². The van der Waals surface area contributed by atoms with E-state index in [0.29, 0.717) is 18.3 Å². The van der Waals surface area contributed by atoms with E-state index in [-0.39, 0.29) is 36.9 Å². The molecule has 1 aromatic carbocycles. The zero-order chi connectivity index (χ0) is 19.6. The lowest BCUT2D eigenvalue weighted by Crippen LogP contribution is -2.57. The molecule has 2 heterocycles. The first-order chi connectivity index (χ1) is 12.9. The molecule has 0 N–H and O–H groups in total. The van der Waals surface area contributed by atoms with Crippen molar-refractivity contribution in [1.29, 1.82) is 0 Å². The fourth-order valence-corrected chi connectivity index (χ4v) is 4.57. The minimum Gasteiger partial charge on any atom is -0.321 e. The number of hydrogen-bond acceptors (Lipinski definition) is 4. The van der Waals surface area contributed by atoms with Crippen LogP contribution in [0.3, 0.4) is 0 Å². The molecule has 0 radical (unpaired) electrons. The molecule has 0 spiro atoms. The van der Waals surface area contributed by atoms with E-state index in [1.165, 1.54) is 0 Å². The van der Waals surface area contributed by atoms with Gasteiger partial charge >= 0.3 is 6.03 Å². The van der Waals surface area contributed by atoms with Crippen molar-refractivity contribution >= 4 is 35.3 Å². The number of anilines is 1.